The van der Waals surface area contributed by atoms with Crippen LogP contribution in [0.3, 0.4) is 0 Å². The van der Waals surface area contributed by atoms with Crippen LogP contribution >= 0.6 is 0 Å². The van der Waals surface area contributed by atoms with E-state index in [0.29, 0.717) is 18.4 Å². The number of halogens is 1. The number of pyridine rings is 1. The molecule has 210 valence electrons. The second kappa shape index (κ2) is 12.4. The fraction of sp³-hybridized carbons (Fsp3) is 0.452. The number of benzene rings is 1. The first-order chi connectivity index (χ1) is 19.7. The molecule has 2 aliphatic rings. The summed E-state index contributed by atoms with van der Waals surface area (Å²) in [6.07, 6.45) is 9.11. The van der Waals surface area contributed by atoms with Gasteiger partial charge in [-0.1, -0.05) is 24.3 Å². The number of nitrogens with one attached hydrogen (secondary N) is 3. The van der Waals surface area contributed by atoms with Gasteiger partial charge in [0.25, 0.3) is 0 Å². The predicted octanol–water partition coefficient (Wildman–Crippen LogP) is 4.20. The van der Waals surface area contributed by atoms with E-state index in [1.165, 1.54) is 11.1 Å². The Morgan fingerprint density at radius 3 is 2.80 bits per heavy atom. The third kappa shape index (κ3) is 6.16. The molecule has 9 heteroatoms. The van der Waals surface area contributed by atoms with Crippen LogP contribution in [-0.4, -0.2) is 75.9 Å². The van der Waals surface area contributed by atoms with E-state index >= 15 is 0 Å². The Morgan fingerprint density at radius 2 is 1.95 bits per heavy atom. The minimum absolute atomic E-state index is 0.0716. The van der Waals surface area contributed by atoms with E-state index in [0.717, 1.165) is 74.4 Å². The number of hydrogen-bond acceptors (Lipinski definition) is 7. The summed E-state index contributed by atoms with van der Waals surface area (Å²) in [6, 6.07) is 15.0. The molecule has 8 nitrogen and oxygen atoms in total. The smallest absolute Gasteiger partial charge is 0.161 e. The van der Waals surface area contributed by atoms with Crippen molar-refractivity contribution in [1.29, 1.82) is 0 Å². The van der Waals surface area contributed by atoms with Gasteiger partial charge in [-0.25, -0.2) is 19.3 Å². The number of fused-ring (bicyclic) bond motifs is 2. The summed E-state index contributed by atoms with van der Waals surface area (Å²) in [4.78, 5) is 16.7. The Bertz CT molecular complexity index is 1420. The second-order valence-corrected chi connectivity index (χ2v) is 11.2. The van der Waals surface area contributed by atoms with Crippen LogP contribution in [0.1, 0.15) is 36.9 Å². The lowest BCUT2D eigenvalue weighted by atomic mass is 9.99. The minimum atomic E-state index is -0.397. The SMILES string of the molecule is CC(CF)NC(CNc1cc(-c2ncc3ccn(C4CCNCC4)c3n2)ccn1)CN1CCc2ccccc2C1. The first-order valence-electron chi connectivity index (χ1n) is 14.5. The molecule has 1 saturated heterocycles. The fourth-order valence-corrected chi connectivity index (χ4v) is 6.00. The van der Waals surface area contributed by atoms with Gasteiger partial charge in [0.1, 0.15) is 18.1 Å². The molecule has 1 fully saturated rings. The summed E-state index contributed by atoms with van der Waals surface area (Å²) in [5.41, 5.74) is 4.72. The summed E-state index contributed by atoms with van der Waals surface area (Å²) in [5.74, 6) is 1.46. The van der Waals surface area contributed by atoms with Crippen LogP contribution in [0, 0.1) is 0 Å². The van der Waals surface area contributed by atoms with Crippen molar-refractivity contribution < 1.29 is 4.39 Å². The minimum Gasteiger partial charge on any atom is -0.368 e. The lowest BCUT2D eigenvalue weighted by Crippen LogP contribution is -2.49. The van der Waals surface area contributed by atoms with Gasteiger partial charge in [0, 0.05) is 73.8 Å². The number of nitrogens with zero attached hydrogens (tertiary/aromatic N) is 5. The van der Waals surface area contributed by atoms with E-state index < -0.39 is 6.67 Å². The van der Waals surface area contributed by atoms with Crippen molar-refractivity contribution in [1.82, 2.24) is 35.1 Å². The van der Waals surface area contributed by atoms with Gasteiger partial charge in [0.05, 0.1) is 0 Å². The van der Waals surface area contributed by atoms with Crippen LogP contribution in [0.2, 0.25) is 0 Å². The standard InChI is InChI=1S/C31H39FN8/c1-22(17-32)37-27(21-39-14-9-23-4-2-3-5-26(23)20-39)19-35-29-16-24(6-13-34-29)30-36-18-25-10-15-40(31(25)38-30)28-7-11-33-12-8-28/h2-6,10,13,15-16,18,22,27-28,33,37H,7-9,11-12,14,17,19-21H2,1H3,(H,34,35). The van der Waals surface area contributed by atoms with Crippen molar-refractivity contribution in [3.8, 4) is 11.4 Å². The molecule has 0 aliphatic carbocycles. The number of aromatic nitrogens is 4. The summed E-state index contributed by atoms with van der Waals surface area (Å²) in [7, 11) is 0. The summed E-state index contributed by atoms with van der Waals surface area (Å²) < 4.78 is 15.7. The highest BCUT2D eigenvalue weighted by atomic mass is 19.1. The highest BCUT2D eigenvalue weighted by Gasteiger charge is 2.21. The van der Waals surface area contributed by atoms with E-state index in [2.05, 4.69) is 71.9 Å². The zero-order chi connectivity index (χ0) is 27.3. The second-order valence-electron chi connectivity index (χ2n) is 11.2. The number of alkyl halides is 1. The summed E-state index contributed by atoms with van der Waals surface area (Å²) >= 11 is 0. The summed E-state index contributed by atoms with van der Waals surface area (Å²) in [5, 5.41) is 11.5. The van der Waals surface area contributed by atoms with Crippen molar-refractivity contribution in [3.63, 3.8) is 0 Å². The number of piperidine rings is 1. The molecule has 0 radical (unpaired) electrons. The van der Waals surface area contributed by atoms with Crippen LogP contribution in [0.25, 0.3) is 22.4 Å². The molecule has 3 aromatic heterocycles. The number of rotatable bonds is 10. The van der Waals surface area contributed by atoms with Gasteiger partial charge < -0.3 is 20.5 Å². The molecule has 5 heterocycles. The average molecular weight is 543 g/mol. The van der Waals surface area contributed by atoms with Gasteiger partial charge in [-0.2, -0.15) is 0 Å². The van der Waals surface area contributed by atoms with Crippen LogP contribution in [0.15, 0.2) is 61.1 Å². The van der Waals surface area contributed by atoms with Crippen molar-refractivity contribution >= 4 is 16.9 Å². The maximum absolute atomic E-state index is 13.4. The molecule has 40 heavy (non-hydrogen) atoms. The fourth-order valence-electron chi connectivity index (χ4n) is 6.00. The Hall–Kier alpha value is -3.40. The Labute approximate surface area is 235 Å². The molecule has 2 atom stereocenters. The van der Waals surface area contributed by atoms with Gasteiger partial charge >= 0.3 is 0 Å². The zero-order valence-corrected chi connectivity index (χ0v) is 23.2. The van der Waals surface area contributed by atoms with E-state index in [1.54, 1.807) is 6.20 Å². The molecule has 0 spiro atoms. The molecule has 0 saturated carbocycles. The molecule has 3 N–H and O–H groups in total. The van der Waals surface area contributed by atoms with Gasteiger partial charge in [-0.3, -0.25) is 4.90 Å². The highest BCUT2D eigenvalue weighted by molar-refractivity contribution is 5.77. The Kier molecular flexibility index (Phi) is 8.32. The van der Waals surface area contributed by atoms with E-state index in [1.807, 2.05) is 25.3 Å². The topological polar surface area (TPSA) is 82.9 Å². The number of hydrogen-bond donors (Lipinski definition) is 3. The molecule has 1 aromatic carbocycles. The molecular formula is C31H39FN8. The third-order valence-electron chi connectivity index (χ3n) is 8.14. The van der Waals surface area contributed by atoms with Crippen molar-refractivity contribution in [2.75, 3.05) is 44.7 Å². The van der Waals surface area contributed by atoms with Gasteiger partial charge in [-0.05, 0) is 68.6 Å². The van der Waals surface area contributed by atoms with Crippen LogP contribution < -0.4 is 16.0 Å². The maximum Gasteiger partial charge on any atom is 0.161 e. The monoisotopic (exact) mass is 542 g/mol. The van der Waals surface area contributed by atoms with Crippen LogP contribution in [0.5, 0.6) is 0 Å². The zero-order valence-electron chi connectivity index (χ0n) is 23.2. The Balaban J connectivity index is 1.15. The molecule has 2 aliphatic heterocycles. The van der Waals surface area contributed by atoms with Crippen LogP contribution in [0.4, 0.5) is 10.2 Å². The average Bonchev–Trinajstić information content (AvgIpc) is 3.44. The molecular weight excluding hydrogens is 503 g/mol. The van der Waals surface area contributed by atoms with Crippen LogP contribution in [-0.2, 0) is 13.0 Å². The lowest BCUT2D eigenvalue weighted by Gasteiger charge is -2.33. The maximum atomic E-state index is 13.4. The van der Waals surface area contributed by atoms with E-state index in [4.69, 9.17) is 4.98 Å². The van der Waals surface area contributed by atoms with Crippen molar-refractivity contribution in [2.45, 2.75) is 50.9 Å². The summed E-state index contributed by atoms with van der Waals surface area (Å²) in [6.45, 7) is 6.96. The van der Waals surface area contributed by atoms with Gasteiger partial charge in [0.15, 0.2) is 5.82 Å². The highest BCUT2D eigenvalue weighted by Crippen LogP contribution is 2.26. The predicted molar refractivity (Wildman–Crippen MR) is 158 cm³/mol. The normalized spacial score (nSPS) is 17.9. The van der Waals surface area contributed by atoms with E-state index in [-0.39, 0.29) is 12.1 Å². The first-order valence-corrected chi connectivity index (χ1v) is 14.5. The Morgan fingerprint density at radius 1 is 1.10 bits per heavy atom. The van der Waals surface area contributed by atoms with Crippen molar-refractivity contribution in [3.05, 3.63) is 72.2 Å². The quantitative estimate of drug-likeness (QED) is 0.277. The molecule has 6 rings (SSSR count). The van der Waals surface area contributed by atoms with Gasteiger partial charge in [0.2, 0.25) is 0 Å². The van der Waals surface area contributed by atoms with Gasteiger partial charge in [-0.15, -0.1) is 0 Å². The molecule has 0 bridgehead atoms. The van der Waals surface area contributed by atoms with E-state index in [9.17, 15) is 4.39 Å². The first kappa shape index (κ1) is 26.8. The third-order valence-corrected chi connectivity index (χ3v) is 8.14. The lowest BCUT2D eigenvalue weighted by molar-refractivity contribution is 0.217. The molecule has 0 amide bonds. The molecule has 2 unspecified atom stereocenters. The van der Waals surface area contributed by atoms with Crippen molar-refractivity contribution in [2.24, 2.45) is 0 Å². The largest absolute Gasteiger partial charge is 0.368 e. The molecule has 4 aromatic rings. The number of anilines is 1.